The van der Waals surface area contributed by atoms with Crippen molar-refractivity contribution in [2.24, 2.45) is 0 Å². The molecule has 0 fully saturated rings. The number of benzene rings is 2. The highest BCUT2D eigenvalue weighted by atomic mass is 32.2. The maximum absolute atomic E-state index is 13.2. The van der Waals surface area contributed by atoms with Gasteiger partial charge >= 0.3 is 0 Å². The van der Waals surface area contributed by atoms with E-state index in [9.17, 15) is 13.2 Å². The minimum Gasteiger partial charge on any atom is -0.497 e. The molecule has 0 heterocycles. The molecule has 1 amide bonds. The van der Waals surface area contributed by atoms with Crippen molar-refractivity contribution < 1.29 is 17.9 Å². The highest BCUT2D eigenvalue weighted by Crippen LogP contribution is 2.30. The summed E-state index contributed by atoms with van der Waals surface area (Å²) in [5.74, 6) is 0.374. The molecule has 0 saturated carbocycles. The van der Waals surface area contributed by atoms with Gasteiger partial charge in [-0.1, -0.05) is 45.0 Å². The van der Waals surface area contributed by atoms with Gasteiger partial charge in [0.05, 0.1) is 19.1 Å². The Labute approximate surface area is 173 Å². The second-order valence-electron chi connectivity index (χ2n) is 7.37. The summed E-state index contributed by atoms with van der Waals surface area (Å²) >= 11 is 0. The van der Waals surface area contributed by atoms with Crippen molar-refractivity contribution >= 4 is 27.3 Å². The number of nitrogens with one attached hydrogen (secondary N) is 1. The quantitative estimate of drug-likeness (QED) is 0.693. The van der Waals surface area contributed by atoms with Gasteiger partial charge in [0.2, 0.25) is 15.9 Å². The summed E-state index contributed by atoms with van der Waals surface area (Å²) in [6.07, 6.45) is 1.43. The van der Waals surface area contributed by atoms with Crippen molar-refractivity contribution in [3.8, 4) is 5.75 Å². The molecule has 0 spiro atoms. The second-order valence-corrected chi connectivity index (χ2v) is 9.23. The Balaban J connectivity index is 2.47. The van der Waals surface area contributed by atoms with Gasteiger partial charge in [-0.05, 0) is 42.5 Å². The number of nitrogens with zero attached hydrogens (tertiary/aromatic N) is 1. The van der Waals surface area contributed by atoms with E-state index in [2.05, 4.69) is 19.2 Å². The first-order chi connectivity index (χ1) is 13.6. The van der Waals surface area contributed by atoms with E-state index in [0.717, 1.165) is 27.4 Å². The minimum atomic E-state index is -3.71. The zero-order chi connectivity index (χ0) is 21.8. The van der Waals surface area contributed by atoms with E-state index in [0.29, 0.717) is 17.9 Å². The van der Waals surface area contributed by atoms with Gasteiger partial charge in [0, 0.05) is 11.8 Å². The molecule has 0 bridgehead atoms. The van der Waals surface area contributed by atoms with Gasteiger partial charge in [0.15, 0.2) is 0 Å². The van der Waals surface area contributed by atoms with Gasteiger partial charge < -0.3 is 10.1 Å². The molecule has 0 saturated heterocycles. The third kappa shape index (κ3) is 5.29. The molecule has 0 radical (unpaired) electrons. The lowest BCUT2D eigenvalue weighted by atomic mass is 9.98. The fourth-order valence-corrected chi connectivity index (χ4v) is 4.56. The zero-order valence-corrected chi connectivity index (χ0v) is 18.7. The third-order valence-electron chi connectivity index (χ3n) is 4.81. The van der Waals surface area contributed by atoms with Gasteiger partial charge in [0.25, 0.3) is 0 Å². The van der Waals surface area contributed by atoms with Crippen molar-refractivity contribution in [2.45, 2.75) is 46.1 Å². The Bertz CT molecular complexity index is 971. The van der Waals surface area contributed by atoms with E-state index in [1.807, 2.05) is 25.1 Å². The first-order valence-electron chi connectivity index (χ1n) is 9.64. The lowest BCUT2D eigenvalue weighted by Gasteiger charge is -2.31. The molecule has 1 atom stereocenters. The third-order valence-corrected chi connectivity index (χ3v) is 5.99. The molecule has 0 unspecified atom stereocenters. The topological polar surface area (TPSA) is 75.7 Å². The van der Waals surface area contributed by atoms with Gasteiger partial charge in [-0.3, -0.25) is 9.10 Å². The van der Waals surface area contributed by atoms with E-state index >= 15 is 0 Å². The van der Waals surface area contributed by atoms with Crippen molar-refractivity contribution in [1.82, 2.24) is 0 Å². The van der Waals surface area contributed by atoms with Gasteiger partial charge in [-0.15, -0.1) is 0 Å². The Kier molecular flexibility index (Phi) is 7.30. The van der Waals surface area contributed by atoms with Crippen molar-refractivity contribution in [2.75, 3.05) is 23.0 Å². The summed E-state index contributed by atoms with van der Waals surface area (Å²) in [5, 5.41) is 2.99. The molecule has 2 aromatic carbocycles. The van der Waals surface area contributed by atoms with Crippen LogP contribution in [0.1, 0.15) is 44.2 Å². The minimum absolute atomic E-state index is 0.217. The number of methoxy groups -OCH3 is 1. The first kappa shape index (κ1) is 22.7. The SMILES string of the molecule is CC[C@@H](C(=O)Nc1c(C)cccc1C(C)C)N(c1cccc(OC)c1)S(C)(=O)=O. The largest absolute Gasteiger partial charge is 0.497 e. The van der Waals surface area contributed by atoms with E-state index in [1.165, 1.54) is 7.11 Å². The molecule has 7 heteroatoms. The van der Waals surface area contributed by atoms with Crippen LogP contribution in [0.4, 0.5) is 11.4 Å². The van der Waals surface area contributed by atoms with Crippen molar-refractivity contribution in [3.05, 3.63) is 53.6 Å². The predicted octanol–water partition coefficient (Wildman–Crippen LogP) is 4.31. The van der Waals surface area contributed by atoms with Crippen LogP contribution in [0.2, 0.25) is 0 Å². The van der Waals surface area contributed by atoms with E-state index in [4.69, 9.17) is 4.74 Å². The number of hydrogen-bond donors (Lipinski definition) is 1. The lowest BCUT2D eigenvalue weighted by molar-refractivity contribution is -0.117. The van der Waals surface area contributed by atoms with Gasteiger partial charge in [-0.2, -0.15) is 0 Å². The number of carbonyl (C=O) groups is 1. The molecule has 0 aliphatic carbocycles. The summed E-state index contributed by atoms with van der Waals surface area (Å²) in [6, 6.07) is 11.7. The Morgan fingerprint density at radius 1 is 1.17 bits per heavy atom. The van der Waals surface area contributed by atoms with Crippen LogP contribution in [-0.2, 0) is 14.8 Å². The van der Waals surface area contributed by atoms with Gasteiger partial charge in [0.1, 0.15) is 11.8 Å². The Morgan fingerprint density at radius 2 is 1.83 bits per heavy atom. The number of amides is 1. The van der Waals surface area contributed by atoms with Crippen LogP contribution in [0, 0.1) is 6.92 Å². The first-order valence-corrected chi connectivity index (χ1v) is 11.5. The number of para-hydroxylation sites is 1. The predicted molar refractivity (Wildman–Crippen MR) is 118 cm³/mol. The Hall–Kier alpha value is -2.54. The highest BCUT2D eigenvalue weighted by molar-refractivity contribution is 7.92. The molecule has 158 valence electrons. The summed E-state index contributed by atoms with van der Waals surface area (Å²) in [5.41, 5.74) is 3.08. The van der Waals surface area contributed by atoms with Crippen molar-refractivity contribution in [1.29, 1.82) is 0 Å². The second kappa shape index (κ2) is 9.31. The van der Waals surface area contributed by atoms with Crippen LogP contribution in [0.15, 0.2) is 42.5 Å². The van der Waals surface area contributed by atoms with E-state index in [-0.39, 0.29) is 11.8 Å². The smallest absolute Gasteiger partial charge is 0.248 e. The maximum Gasteiger partial charge on any atom is 0.248 e. The molecular weight excluding hydrogens is 388 g/mol. The number of anilines is 2. The summed E-state index contributed by atoms with van der Waals surface area (Å²) in [6.45, 7) is 7.84. The van der Waals surface area contributed by atoms with E-state index < -0.39 is 16.1 Å². The molecule has 0 aliphatic heterocycles. The standard InChI is InChI=1S/C22H30N2O4S/c1-7-20(22(25)23-21-16(4)10-8-13-19(21)15(2)3)24(29(6,26)27)17-11-9-12-18(14-17)28-5/h8-15,20H,7H2,1-6H3,(H,23,25)/t20-/m0/s1. The highest BCUT2D eigenvalue weighted by Gasteiger charge is 2.32. The molecule has 0 aromatic heterocycles. The molecule has 0 aliphatic rings. The number of sulfonamides is 1. The molecule has 6 nitrogen and oxygen atoms in total. The number of ether oxygens (including phenoxy) is 1. The van der Waals surface area contributed by atoms with Crippen LogP contribution >= 0.6 is 0 Å². The summed E-state index contributed by atoms with van der Waals surface area (Å²) in [4.78, 5) is 13.2. The average molecular weight is 419 g/mol. The number of aryl methyl sites for hydroxylation is 1. The molecular formula is C22H30N2O4S. The van der Waals surface area contributed by atoms with E-state index in [1.54, 1.807) is 31.2 Å². The van der Waals surface area contributed by atoms with Gasteiger partial charge in [-0.25, -0.2) is 8.42 Å². The lowest BCUT2D eigenvalue weighted by Crippen LogP contribution is -2.47. The number of hydrogen-bond acceptors (Lipinski definition) is 4. The van der Waals surface area contributed by atoms with Crippen LogP contribution in [0.5, 0.6) is 5.75 Å². The fraction of sp³-hybridized carbons (Fsp3) is 0.409. The van der Waals surface area contributed by atoms with Crippen LogP contribution in [0.25, 0.3) is 0 Å². The maximum atomic E-state index is 13.2. The Morgan fingerprint density at radius 3 is 2.38 bits per heavy atom. The number of rotatable bonds is 8. The fourth-order valence-electron chi connectivity index (χ4n) is 3.36. The van der Waals surface area contributed by atoms with Crippen LogP contribution in [-0.4, -0.2) is 33.7 Å². The molecule has 1 N–H and O–H groups in total. The van der Waals surface area contributed by atoms with Crippen LogP contribution < -0.4 is 14.4 Å². The monoisotopic (exact) mass is 418 g/mol. The molecule has 2 aromatic rings. The van der Waals surface area contributed by atoms with Crippen LogP contribution in [0.3, 0.4) is 0 Å². The van der Waals surface area contributed by atoms with Crippen molar-refractivity contribution in [3.63, 3.8) is 0 Å². The zero-order valence-electron chi connectivity index (χ0n) is 17.9. The number of carbonyl (C=O) groups excluding carboxylic acids is 1. The normalized spacial score (nSPS) is 12.5. The molecule has 29 heavy (non-hydrogen) atoms. The summed E-state index contributed by atoms with van der Waals surface area (Å²) in [7, 11) is -2.20. The molecule has 2 rings (SSSR count). The summed E-state index contributed by atoms with van der Waals surface area (Å²) < 4.78 is 31.7. The average Bonchev–Trinajstić information content (AvgIpc) is 2.66.